The first kappa shape index (κ1) is 18.7. The van der Waals surface area contributed by atoms with Gasteiger partial charge in [-0.05, 0) is 36.4 Å². The molecule has 0 unspecified atom stereocenters. The van der Waals surface area contributed by atoms with Crippen molar-refractivity contribution in [2.45, 2.75) is 0 Å². The van der Waals surface area contributed by atoms with Gasteiger partial charge in [-0.3, -0.25) is 0 Å². The average molecular weight is 547 g/mol. The molecule has 0 aliphatic carbocycles. The quantitative estimate of drug-likeness (QED) is 0.257. The van der Waals surface area contributed by atoms with Gasteiger partial charge in [-0.2, -0.15) is 0 Å². The van der Waals surface area contributed by atoms with Crippen molar-refractivity contribution in [3.8, 4) is 33.9 Å². The number of halogens is 3. The van der Waals surface area contributed by atoms with Crippen LogP contribution in [0.25, 0.3) is 33.9 Å². The van der Waals surface area contributed by atoms with Crippen LogP contribution in [0.1, 0.15) is 0 Å². The summed E-state index contributed by atoms with van der Waals surface area (Å²) < 4.78 is 5.35. The van der Waals surface area contributed by atoms with Crippen molar-refractivity contribution in [2.75, 3.05) is 0 Å². The predicted molar refractivity (Wildman–Crippen MR) is 123 cm³/mol. The predicted octanol–water partition coefficient (Wildman–Crippen LogP) is 7.71. The van der Waals surface area contributed by atoms with E-state index in [4.69, 9.17) is 4.98 Å². The van der Waals surface area contributed by atoms with E-state index in [0.717, 1.165) is 47.3 Å². The minimum Gasteiger partial charge on any atom is -0.327 e. The normalized spacial score (nSPS) is 11.0. The van der Waals surface area contributed by atoms with E-state index in [1.54, 1.807) is 0 Å². The molecule has 2 nitrogen and oxygen atoms in total. The number of aromatic nitrogens is 2. The van der Waals surface area contributed by atoms with Crippen LogP contribution in [-0.4, -0.2) is 9.55 Å². The minimum absolute atomic E-state index is 0.943. The molecule has 0 saturated carbocycles. The van der Waals surface area contributed by atoms with Gasteiger partial charge in [0.1, 0.15) is 5.82 Å². The summed E-state index contributed by atoms with van der Waals surface area (Å²) >= 11 is 10.5. The van der Waals surface area contributed by atoms with Crippen LogP contribution in [0.15, 0.2) is 86.2 Å². The Hall–Kier alpha value is -1.69. The Morgan fingerprint density at radius 1 is 0.593 bits per heavy atom. The van der Waals surface area contributed by atoms with Crippen LogP contribution in [0.4, 0.5) is 0 Å². The SMILES string of the molecule is Cn1c(-c2ccc(Br)cc2)nc(-c2ccc(Br)cc2)c1-c1ccc(Br)cc1. The van der Waals surface area contributed by atoms with Crippen LogP contribution in [0.2, 0.25) is 0 Å². The Bertz CT molecular complexity index is 1080. The van der Waals surface area contributed by atoms with Crippen LogP contribution >= 0.6 is 47.8 Å². The maximum Gasteiger partial charge on any atom is 0.140 e. The van der Waals surface area contributed by atoms with E-state index in [1.807, 2.05) is 12.1 Å². The van der Waals surface area contributed by atoms with Gasteiger partial charge in [-0.1, -0.05) is 84.2 Å². The van der Waals surface area contributed by atoms with Crippen molar-refractivity contribution in [2.24, 2.45) is 7.05 Å². The number of imidazole rings is 1. The third-order valence-electron chi connectivity index (χ3n) is 4.43. The lowest BCUT2D eigenvalue weighted by Gasteiger charge is -2.09. The van der Waals surface area contributed by atoms with Gasteiger partial charge in [0.25, 0.3) is 0 Å². The molecule has 0 saturated heterocycles. The summed E-state index contributed by atoms with van der Waals surface area (Å²) in [6.45, 7) is 0. The van der Waals surface area contributed by atoms with E-state index in [1.165, 1.54) is 0 Å². The Morgan fingerprint density at radius 2 is 1.00 bits per heavy atom. The molecule has 0 N–H and O–H groups in total. The van der Waals surface area contributed by atoms with Crippen LogP contribution < -0.4 is 0 Å². The maximum absolute atomic E-state index is 5.03. The summed E-state index contributed by atoms with van der Waals surface area (Å²) in [5.41, 5.74) is 5.39. The van der Waals surface area contributed by atoms with E-state index in [9.17, 15) is 0 Å². The van der Waals surface area contributed by atoms with Crippen LogP contribution in [0.5, 0.6) is 0 Å². The molecule has 4 aromatic rings. The van der Waals surface area contributed by atoms with E-state index < -0.39 is 0 Å². The van der Waals surface area contributed by atoms with E-state index >= 15 is 0 Å². The molecule has 0 atom stereocenters. The fourth-order valence-corrected chi connectivity index (χ4v) is 3.90. The lowest BCUT2D eigenvalue weighted by Crippen LogP contribution is -1.95. The highest BCUT2D eigenvalue weighted by Gasteiger charge is 2.19. The fourth-order valence-electron chi connectivity index (χ4n) is 3.10. The van der Waals surface area contributed by atoms with Crippen molar-refractivity contribution in [1.82, 2.24) is 9.55 Å². The van der Waals surface area contributed by atoms with Crippen LogP contribution in [0.3, 0.4) is 0 Å². The van der Waals surface area contributed by atoms with Crippen LogP contribution in [-0.2, 0) is 7.05 Å². The highest BCUT2D eigenvalue weighted by atomic mass is 79.9. The molecule has 0 aliphatic heterocycles. The van der Waals surface area contributed by atoms with Gasteiger partial charge >= 0.3 is 0 Å². The lowest BCUT2D eigenvalue weighted by molar-refractivity contribution is 0.933. The number of rotatable bonds is 3. The monoisotopic (exact) mass is 544 g/mol. The molecule has 134 valence electrons. The summed E-state index contributed by atoms with van der Waals surface area (Å²) in [6, 6.07) is 24.9. The van der Waals surface area contributed by atoms with Crippen LogP contribution in [0, 0.1) is 0 Å². The first-order valence-corrected chi connectivity index (χ1v) is 10.8. The second-order valence-corrected chi connectivity index (χ2v) is 8.96. The average Bonchev–Trinajstić information content (AvgIpc) is 3.01. The van der Waals surface area contributed by atoms with E-state index in [-0.39, 0.29) is 0 Å². The Kier molecular flexibility index (Phi) is 5.35. The molecule has 1 aromatic heterocycles. The third kappa shape index (κ3) is 3.82. The topological polar surface area (TPSA) is 17.8 Å². The molecule has 27 heavy (non-hydrogen) atoms. The molecule has 1 heterocycles. The summed E-state index contributed by atoms with van der Waals surface area (Å²) in [5.74, 6) is 0.943. The molecule has 0 aliphatic rings. The molecular formula is C22H15Br3N2. The molecule has 0 spiro atoms. The second-order valence-electron chi connectivity index (χ2n) is 6.21. The van der Waals surface area contributed by atoms with Gasteiger partial charge in [0, 0.05) is 37.2 Å². The Labute approximate surface area is 183 Å². The summed E-state index contributed by atoms with van der Waals surface area (Å²) in [5, 5.41) is 0. The second kappa shape index (κ2) is 7.74. The molecule has 3 aromatic carbocycles. The summed E-state index contributed by atoms with van der Waals surface area (Å²) in [4.78, 5) is 5.03. The minimum atomic E-state index is 0.943. The third-order valence-corrected chi connectivity index (χ3v) is 6.02. The molecule has 0 amide bonds. The first-order valence-electron chi connectivity index (χ1n) is 8.37. The molecule has 0 bridgehead atoms. The van der Waals surface area contributed by atoms with Gasteiger partial charge < -0.3 is 4.57 Å². The van der Waals surface area contributed by atoms with Gasteiger partial charge in [0.15, 0.2) is 0 Å². The molecule has 4 rings (SSSR count). The number of nitrogens with zero attached hydrogens (tertiary/aromatic N) is 2. The zero-order chi connectivity index (χ0) is 19.0. The lowest BCUT2D eigenvalue weighted by atomic mass is 10.0. The summed E-state index contributed by atoms with van der Waals surface area (Å²) in [6.07, 6.45) is 0. The van der Waals surface area contributed by atoms with Crippen molar-refractivity contribution in [3.05, 3.63) is 86.2 Å². The Balaban J connectivity index is 1.95. The number of hydrogen-bond donors (Lipinski definition) is 0. The van der Waals surface area contributed by atoms with Gasteiger partial charge in [-0.15, -0.1) is 0 Å². The van der Waals surface area contributed by atoms with E-state index in [0.29, 0.717) is 0 Å². The van der Waals surface area contributed by atoms with Crippen molar-refractivity contribution in [3.63, 3.8) is 0 Å². The molecule has 0 radical (unpaired) electrons. The van der Waals surface area contributed by atoms with Crippen molar-refractivity contribution in [1.29, 1.82) is 0 Å². The van der Waals surface area contributed by atoms with Gasteiger partial charge in [-0.25, -0.2) is 4.98 Å². The van der Waals surface area contributed by atoms with E-state index in [2.05, 4.69) is 120 Å². The van der Waals surface area contributed by atoms with Gasteiger partial charge in [0.05, 0.1) is 11.4 Å². The van der Waals surface area contributed by atoms with Gasteiger partial charge in [0.2, 0.25) is 0 Å². The highest BCUT2D eigenvalue weighted by Crippen LogP contribution is 2.36. The van der Waals surface area contributed by atoms with Crippen molar-refractivity contribution < 1.29 is 0 Å². The zero-order valence-corrected chi connectivity index (χ0v) is 19.2. The maximum atomic E-state index is 5.03. The summed E-state index contributed by atoms with van der Waals surface area (Å²) in [7, 11) is 2.07. The molecule has 5 heteroatoms. The van der Waals surface area contributed by atoms with Crippen molar-refractivity contribution >= 4 is 47.8 Å². The highest BCUT2D eigenvalue weighted by molar-refractivity contribution is 9.11. The standard InChI is InChI=1S/C22H15Br3N2/c1-27-21(15-4-10-18(24)11-5-15)20(14-2-8-17(23)9-3-14)26-22(27)16-6-12-19(25)13-7-16/h2-13H,1H3. The Morgan fingerprint density at radius 3 is 1.48 bits per heavy atom. The molecular weight excluding hydrogens is 532 g/mol. The molecule has 0 fully saturated rings. The largest absolute Gasteiger partial charge is 0.327 e. The smallest absolute Gasteiger partial charge is 0.140 e. The zero-order valence-electron chi connectivity index (χ0n) is 14.5. The number of hydrogen-bond acceptors (Lipinski definition) is 1. The first-order chi connectivity index (χ1) is 13.0. The number of benzene rings is 3. The fraction of sp³-hybridized carbons (Fsp3) is 0.0455.